The van der Waals surface area contributed by atoms with Crippen LogP contribution in [0.4, 0.5) is 5.69 Å². The summed E-state index contributed by atoms with van der Waals surface area (Å²) in [6.07, 6.45) is 2.37. The van der Waals surface area contributed by atoms with E-state index in [2.05, 4.69) is 10.2 Å². The highest BCUT2D eigenvalue weighted by atomic mass is 16.6. The van der Waals surface area contributed by atoms with Crippen molar-refractivity contribution in [2.75, 3.05) is 19.6 Å². The van der Waals surface area contributed by atoms with Crippen LogP contribution in [0, 0.1) is 10.1 Å². The van der Waals surface area contributed by atoms with Crippen molar-refractivity contribution in [1.29, 1.82) is 0 Å². The molecule has 0 aliphatic carbocycles. The number of para-hydroxylation sites is 1. The number of hydrogen-bond acceptors (Lipinski definition) is 4. The topological polar surface area (TPSA) is 75.5 Å². The van der Waals surface area contributed by atoms with E-state index in [1.54, 1.807) is 18.2 Å². The van der Waals surface area contributed by atoms with Crippen molar-refractivity contribution in [2.24, 2.45) is 0 Å². The highest BCUT2D eigenvalue weighted by Gasteiger charge is 2.22. The van der Waals surface area contributed by atoms with Gasteiger partial charge < -0.3 is 10.2 Å². The van der Waals surface area contributed by atoms with Crippen LogP contribution in [0.2, 0.25) is 0 Å². The van der Waals surface area contributed by atoms with Gasteiger partial charge in [-0.25, -0.2) is 0 Å². The zero-order chi connectivity index (χ0) is 18.4. The van der Waals surface area contributed by atoms with E-state index in [-0.39, 0.29) is 24.1 Å². The number of nitrogens with zero attached hydrogens (tertiary/aromatic N) is 2. The zero-order valence-electron chi connectivity index (χ0n) is 14.6. The van der Waals surface area contributed by atoms with Crippen LogP contribution in [0.5, 0.6) is 0 Å². The van der Waals surface area contributed by atoms with Crippen LogP contribution in [0.1, 0.15) is 30.0 Å². The average molecular weight is 353 g/mol. The normalized spacial score (nSPS) is 15.5. The number of likely N-dealkylation sites (tertiary alicyclic amines) is 1. The summed E-state index contributed by atoms with van der Waals surface area (Å²) in [7, 11) is 0. The Morgan fingerprint density at radius 1 is 1.08 bits per heavy atom. The Bertz CT molecular complexity index is 758. The van der Waals surface area contributed by atoms with Gasteiger partial charge in [-0.05, 0) is 31.5 Å². The lowest BCUT2D eigenvalue weighted by Crippen LogP contribution is -2.37. The molecule has 6 heteroatoms. The van der Waals surface area contributed by atoms with E-state index in [1.165, 1.54) is 18.9 Å². The van der Waals surface area contributed by atoms with Gasteiger partial charge >= 0.3 is 0 Å². The first-order valence-corrected chi connectivity index (χ1v) is 8.92. The third-order valence-electron chi connectivity index (χ3n) is 4.72. The Kier molecular flexibility index (Phi) is 5.96. The van der Waals surface area contributed by atoms with Gasteiger partial charge in [0, 0.05) is 18.2 Å². The molecule has 1 N–H and O–H groups in total. The molecule has 6 nitrogen and oxygen atoms in total. The molecule has 26 heavy (non-hydrogen) atoms. The summed E-state index contributed by atoms with van der Waals surface area (Å²) < 4.78 is 0. The van der Waals surface area contributed by atoms with Gasteiger partial charge in [0.1, 0.15) is 0 Å². The number of nitrogens with one attached hydrogen (secondary N) is 1. The van der Waals surface area contributed by atoms with Crippen molar-refractivity contribution in [1.82, 2.24) is 10.2 Å². The number of rotatable bonds is 7. The van der Waals surface area contributed by atoms with Crippen LogP contribution >= 0.6 is 0 Å². The second-order valence-electron chi connectivity index (χ2n) is 6.60. The predicted octanol–water partition coefficient (Wildman–Crippen LogP) is 3.09. The van der Waals surface area contributed by atoms with Crippen molar-refractivity contribution in [3.8, 4) is 0 Å². The van der Waals surface area contributed by atoms with Crippen LogP contribution in [-0.2, 0) is 11.2 Å². The van der Waals surface area contributed by atoms with Gasteiger partial charge in [-0.1, -0.05) is 48.5 Å². The van der Waals surface area contributed by atoms with E-state index in [0.717, 1.165) is 25.2 Å². The summed E-state index contributed by atoms with van der Waals surface area (Å²) in [5.41, 5.74) is 1.47. The van der Waals surface area contributed by atoms with Crippen molar-refractivity contribution < 1.29 is 9.72 Å². The summed E-state index contributed by atoms with van der Waals surface area (Å²) in [5.74, 6) is -0.202. The van der Waals surface area contributed by atoms with E-state index < -0.39 is 4.92 Å². The molecular weight excluding hydrogens is 330 g/mol. The van der Waals surface area contributed by atoms with E-state index in [0.29, 0.717) is 5.56 Å². The first kappa shape index (κ1) is 18.1. The minimum absolute atomic E-state index is 0.000483. The quantitative estimate of drug-likeness (QED) is 0.613. The molecule has 1 aliphatic heterocycles. The minimum Gasteiger partial charge on any atom is -0.348 e. The maximum absolute atomic E-state index is 12.6. The van der Waals surface area contributed by atoms with Gasteiger partial charge in [0.15, 0.2) is 0 Å². The summed E-state index contributed by atoms with van der Waals surface area (Å²) in [6.45, 7) is 2.85. The third-order valence-corrected chi connectivity index (χ3v) is 4.72. The van der Waals surface area contributed by atoms with Gasteiger partial charge in [-0.3, -0.25) is 14.9 Å². The Morgan fingerprint density at radius 3 is 2.42 bits per heavy atom. The molecule has 0 aromatic heterocycles. The van der Waals surface area contributed by atoms with Gasteiger partial charge in [0.2, 0.25) is 5.91 Å². The summed E-state index contributed by atoms with van der Waals surface area (Å²) in [6, 6.07) is 16.2. The van der Waals surface area contributed by atoms with Gasteiger partial charge in [-0.15, -0.1) is 0 Å². The fraction of sp³-hybridized carbons (Fsp3) is 0.350. The van der Waals surface area contributed by atoms with Crippen LogP contribution in [0.3, 0.4) is 0 Å². The maximum Gasteiger partial charge on any atom is 0.273 e. The molecule has 3 rings (SSSR count). The molecule has 0 bridgehead atoms. The first-order chi connectivity index (χ1) is 12.6. The number of nitro benzene ring substituents is 1. The minimum atomic E-state index is -0.443. The van der Waals surface area contributed by atoms with Crippen molar-refractivity contribution >= 4 is 11.6 Å². The largest absolute Gasteiger partial charge is 0.348 e. The highest BCUT2D eigenvalue weighted by Crippen LogP contribution is 2.20. The Balaban J connectivity index is 1.72. The molecule has 1 atom stereocenters. The van der Waals surface area contributed by atoms with Gasteiger partial charge in [0.25, 0.3) is 5.69 Å². The van der Waals surface area contributed by atoms with Crippen LogP contribution in [-0.4, -0.2) is 35.4 Å². The molecule has 1 amide bonds. The van der Waals surface area contributed by atoms with Crippen LogP contribution in [0.15, 0.2) is 54.6 Å². The lowest BCUT2D eigenvalue weighted by atomic mass is 10.0. The zero-order valence-corrected chi connectivity index (χ0v) is 14.6. The number of nitro groups is 1. The van der Waals surface area contributed by atoms with Gasteiger partial charge in [-0.2, -0.15) is 0 Å². The molecule has 1 fully saturated rings. The summed E-state index contributed by atoms with van der Waals surface area (Å²) in [5, 5.41) is 14.2. The molecule has 136 valence electrons. The smallest absolute Gasteiger partial charge is 0.273 e. The fourth-order valence-electron chi connectivity index (χ4n) is 3.40. The highest BCUT2D eigenvalue weighted by molar-refractivity contribution is 5.80. The lowest BCUT2D eigenvalue weighted by molar-refractivity contribution is -0.385. The molecule has 1 saturated heterocycles. The number of amides is 1. The standard InChI is InChI=1S/C20H23N3O3/c24-20(14-17-10-4-5-11-19(17)23(25)26)21-18(15-22-12-6-7-13-22)16-8-2-1-3-9-16/h1-5,8-11,18H,6-7,12-15H2,(H,21,24)/t18-/m1/s1. The lowest BCUT2D eigenvalue weighted by Gasteiger charge is -2.25. The molecule has 0 radical (unpaired) electrons. The van der Waals surface area contributed by atoms with E-state index in [4.69, 9.17) is 0 Å². The number of carbonyl (C=O) groups excluding carboxylic acids is 1. The van der Waals surface area contributed by atoms with E-state index in [1.807, 2.05) is 30.3 Å². The number of benzene rings is 2. The summed E-state index contributed by atoms with van der Waals surface area (Å²) in [4.78, 5) is 25.6. The monoisotopic (exact) mass is 353 g/mol. The molecule has 2 aromatic rings. The Labute approximate surface area is 153 Å². The average Bonchev–Trinajstić information content (AvgIpc) is 3.15. The van der Waals surface area contributed by atoms with Gasteiger partial charge in [0.05, 0.1) is 17.4 Å². The van der Waals surface area contributed by atoms with Crippen molar-refractivity contribution in [3.05, 3.63) is 75.8 Å². The molecule has 0 saturated carbocycles. The van der Waals surface area contributed by atoms with Crippen molar-refractivity contribution in [3.63, 3.8) is 0 Å². The molecule has 0 unspecified atom stereocenters. The second kappa shape index (κ2) is 8.58. The second-order valence-corrected chi connectivity index (χ2v) is 6.60. The first-order valence-electron chi connectivity index (χ1n) is 8.92. The molecular formula is C20H23N3O3. The molecule has 1 heterocycles. The SMILES string of the molecule is O=C(Cc1ccccc1[N+](=O)[O-])N[C@H](CN1CCCC1)c1ccccc1. The molecule has 0 spiro atoms. The van der Waals surface area contributed by atoms with Crippen LogP contribution in [0.25, 0.3) is 0 Å². The number of hydrogen-bond donors (Lipinski definition) is 1. The number of carbonyl (C=O) groups is 1. The van der Waals surface area contributed by atoms with E-state index >= 15 is 0 Å². The molecule has 2 aromatic carbocycles. The molecule has 1 aliphatic rings. The Morgan fingerprint density at radius 2 is 1.73 bits per heavy atom. The Hall–Kier alpha value is -2.73. The predicted molar refractivity (Wildman–Crippen MR) is 99.8 cm³/mol. The van der Waals surface area contributed by atoms with Crippen LogP contribution < -0.4 is 5.32 Å². The summed E-state index contributed by atoms with van der Waals surface area (Å²) >= 11 is 0. The fourth-order valence-corrected chi connectivity index (χ4v) is 3.40. The van der Waals surface area contributed by atoms with Crippen molar-refractivity contribution in [2.45, 2.75) is 25.3 Å². The van der Waals surface area contributed by atoms with E-state index in [9.17, 15) is 14.9 Å². The maximum atomic E-state index is 12.6. The third kappa shape index (κ3) is 4.67.